The first-order valence-electron chi connectivity index (χ1n) is 8.17. The molecule has 2 heterocycles. The van der Waals surface area contributed by atoms with Gasteiger partial charge in [-0.15, -0.1) is 5.10 Å². The van der Waals surface area contributed by atoms with Gasteiger partial charge in [-0.05, 0) is 27.7 Å². The molecule has 4 amide bonds. The van der Waals surface area contributed by atoms with Crippen LogP contribution >= 0.6 is 0 Å². The quantitative estimate of drug-likeness (QED) is 0.717. The van der Waals surface area contributed by atoms with Crippen LogP contribution in [-0.4, -0.2) is 68.3 Å². The number of hydrogen-bond donors (Lipinski definition) is 1. The van der Waals surface area contributed by atoms with Gasteiger partial charge in [-0.3, -0.25) is 14.5 Å². The number of aromatic nitrogens is 3. The van der Waals surface area contributed by atoms with Crippen molar-refractivity contribution >= 4 is 17.8 Å². The zero-order chi connectivity index (χ0) is 17.9. The van der Waals surface area contributed by atoms with Crippen molar-refractivity contribution in [2.24, 2.45) is 0 Å². The molecule has 1 aromatic rings. The molecule has 1 fully saturated rings. The molecule has 1 saturated heterocycles. The molecule has 1 aliphatic rings. The summed E-state index contributed by atoms with van der Waals surface area (Å²) in [5.41, 5.74) is 0.624. The molecule has 132 valence electrons. The highest BCUT2D eigenvalue weighted by Gasteiger charge is 2.39. The number of hydrogen-bond acceptors (Lipinski definition) is 5. The molecule has 24 heavy (non-hydrogen) atoms. The van der Waals surface area contributed by atoms with E-state index in [0.717, 1.165) is 4.90 Å². The van der Waals surface area contributed by atoms with Crippen LogP contribution in [0.25, 0.3) is 0 Å². The van der Waals surface area contributed by atoms with E-state index < -0.39 is 18.0 Å². The second kappa shape index (κ2) is 7.41. The molecule has 2 rings (SSSR count). The lowest BCUT2D eigenvalue weighted by atomic mass is 10.1. The van der Waals surface area contributed by atoms with Gasteiger partial charge in [0.2, 0.25) is 5.91 Å². The summed E-state index contributed by atoms with van der Waals surface area (Å²) in [5, 5.41) is 10.6. The number of urea groups is 1. The molecule has 0 saturated carbocycles. The van der Waals surface area contributed by atoms with Gasteiger partial charge in [-0.2, -0.15) is 0 Å². The van der Waals surface area contributed by atoms with Gasteiger partial charge < -0.3 is 10.2 Å². The normalized spacial score (nSPS) is 17.5. The Morgan fingerprint density at radius 1 is 1.33 bits per heavy atom. The van der Waals surface area contributed by atoms with Crippen LogP contribution in [0, 0.1) is 0 Å². The summed E-state index contributed by atoms with van der Waals surface area (Å²) < 4.78 is 1.69. The summed E-state index contributed by atoms with van der Waals surface area (Å²) in [6, 6.07) is -1.08. The molecule has 9 heteroatoms. The van der Waals surface area contributed by atoms with Gasteiger partial charge in [0.05, 0.1) is 5.69 Å². The summed E-state index contributed by atoms with van der Waals surface area (Å²) >= 11 is 0. The maximum Gasteiger partial charge on any atom is 0.325 e. The van der Waals surface area contributed by atoms with Crippen molar-refractivity contribution in [3.8, 4) is 0 Å². The van der Waals surface area contributed by atoms with Crippen LogP contribution < -0.4 is 5.32 Å². The fourth-order valence-electron chi connectivity index (χ4n) is 2.54. The van der Waals surface area contributed by atoms with E-state index in [1.54, 1.807) is 15.8 Å². The number of amides is 4. The van der Waals surface area contributed by atoms with Crippen molar-refractivity contribution < 1.29 is 14.4 Å². The second-order valence-corrected chi connectivity index (χ2v) is 5.98. The molecule has 1 aliphatic heterocycles. The first kappa shape index (κ1) is 17.9. The van der Waals surface area contributed by atoms with Crippen molar-refractivity contribution in [2.45, 2.75) is 46.2 Å². The van der Waals surface area contributed by atoms with E-state index in [1.165, 1.54) is 0 Å². The van der Waals surface area contributed by atoms with Crippen molar-refractivity contribution in [1.82, 2.24) is 30.1 Å². The van der Waals surface area contributed by atoms with Crippen LogP contribution in [-0.2, 0) is 16.0 Å². The third-order valence-electron chi connectivity index (χ3n) is 4.02. The average Bonchev–Trinajstić information content (AvgIpc) is 3.10. The highest BCUT2D eigenvalue weighted by molar-refractivity contribution is 6.06. The third kappa shape index (κ3) is 3.72. The maximum absolute atomic E-state index is 12.4. The molecule has 1 N–H and O–H groups in total. The minimum atomic E-state index is -0.709. The number of nitrogens with zero attached hydrogens (tertiary/aromatic N) is 5. The number of imide groups is 1. The van der Waals surface area contributed by atoms with Crippen LogP contribution in [0.4, 0.5) is 4.79 Å². The molecular weight excluding hydrogens is 312 g/mol. The summed E-state index contributed by atoms with van der Waals surface area (Å²) in [6.07, 6.45) is 2.01. The fourth-order valence-corrected chi connectivity index (χ4v) is 2.54. The number of rotatable bonds is 7. The van der Waals surface area contributed by atoms with Crippen molar-refractivity contribution in [3.05, 3.63) is 11.9 Å². The highest BCUT2D eigenvalue weighted by atomic mass is 16.2. The lowest BCUT2D eigenvalue weighted by Crippen LogP contribution is -2.43. The topological polar surface area (TPSA) is 100 Å². The molecule has 1 aromatic heterocycles. The largest absolute Gasteiger partial charge is 0.342 e. The van der Waals surface area contributed by atoms with Gasteiger partial charge in [-0.25, -0.2) is 9.48 Å². The predicted molar refractivity (Wildman–Crippen MR) is 86.1 cm³/mol. The van der Waals surface area contributed by atoms with Crippen LogP contribution in [0.15, 0.2) is 6.20 Å². The highest BCUT2D eigenvalue weighted by Crippen LogP contribution is 2.12. The number of carbonyl (C=O) groups excluding carboxylic acids is 3. The van der Waals surface area contributed by atoms with E-state index in [-0.39, 0.29) is 24.9 Å². The Hall–Kier alpha value is -2.45. The van der Waals surface area contributed by atoms with Crippen molar-refractivity contribution in [2.75, 3.05) is 19.6 Å². The van der Waals surface area contributed by atoms with Crippen LogP contribution in [0.3, 0.4) is 0 Å². The van der Waals surface area contributed by atoms with E-state index in [4.69, 9.17) is 0 Å². The number of likely N-dealkylation sites (N-methyl/N-ethyl adjacent to an activating group) is 1. The molecule has 0 aromatic carbocycles. The zero-order valence-electron chi connectivity index (χ0n) is 14.5. The van der Waals surface area contributed by atoms with Crippen LogP contribution in [0.1, 0.15) is 39.4 Å². The predicted octanol–water partition coefficient (Wildman–Crippen LogP) is 0.190. The minimum Gasteiger partial charge on any atom is -0.342 e. The molecular formula is C15H24N6O3. The molecule has 0 radical (unpaired) electrons. The molecule has 0 spiro atoms. The standard InChI is InChI=1S/C15H24N6O3/c1-5-19(6-2)13(22)9-20-14(23)12(16-15(20)24)7-11-8-21(10(3)4)18-17-11/h8,10,12H,5-7,9H2,1-4H3,(H,16,24). The van der Waals surface area contributed by atoms with Gasteiger partial charge in [0, 0.05) is 31.7 Å². The first-order chi connectivity index (χ1) is 11.4. The van der Waals surface area contributed by atoms with E-state index in [9.17, 15) is 14.4 Å². The summed E-state index contributed by atoms with van der Waals surface area (Å²) in [4.78, 5) is 39.1. The smallest absolute Gasteiger partial charge is 0.325 e. The lowest BCUT2D eigenvalue weighted by molar-refractivity contribution is -0.137. The molecule has 1 unspecified atom stereocenters. The average molecular weight is 336 g/mol. The Morgan fingerprint density at radius 2 is 2.00 bits per heavy atom. The zero-order valence-corrected chi connectivity index (χ0v) is 14.5. The molecule has 0 aliphatic carbocycles. The monoisotopic (exact) mass is 336 g/mol. The van der Waals surface area contributed by atoms with Gasteiger partial charge in [0.15, 0.2) is 0 Å². The number of carbonyl (C=O) groups is 3. The van der Waals surface area contributed by atoms with Crippen molar-refractivity contribution in [3.63, 3.8) is 0 Å². The van der Waals surface area contributed by atoms with E-state index in [0.29, 0.717) is 18.8 Å². The Bertz CT molecular complexity index is 622. The summed E-state index contributed by atoms with van der Waals surface area (Å²) in [5.74, 6) is -0.644. The SMILES string of the molecule is CCN(CC)C(=O)CN1C(=O)NC(Cc2cn(C(C)C)nn2)C1=O. The second-order valence-electron chi connectivity index (χ2n) is 5.98. The van der Waals surface area contributed by atoms with Crippen LogP contribution in [0.5, 0.6) is 0 Å². The van der Waals surface area contributed by atoms with Crippen molar-refractivity contribution in [1.29, 1.82) is 0 Å². The lowest BCUT2D eigenvalue weighted by Gasteiger charge is -2.21. The maximum atomic E-state index is 12.4. The molecule has 0 bridgehead atoms. The van der Waals surface area contributed by atoms with Crippen LogP contribution in [0.2, 0.25) is 0 Å². The Morgan fingerprint density at radius 3 is 2.54 bits per heavy atom. The van der Waals surface area contributed by atoms with E-state index in [1.807, 2.05) is 27.7 Å². The molecule has 1 atom stereocenters. The van der Waals surface area contributed by atoms with E-state index in [2.05, 4.69) is 15.6 Å². The summed E-state index contributed by atoms with van der Waals surface area (Å²) in [6.45, 7) is 8.51. The van der Waals surface area contributed by atoms with E-state index >= 15 is 0 Å². The summed E-state index contributed by atoms with van der Waals surface area (Å²) in [7, 11) is 0. The molecule has 9 nitrogen and oxygen atoms in total. The number of nitrogens with one attached hydrogen (secondary N) is 1. The van der Waals surface area contributed by atoms with Gasteiger partial charge in [-0.1, -0.05) is 5.21 Å². The Labute approximate surface area is 141 Å². The Balaban J connectivity index is 2.01. The van der Waals surface area contributed by atoms with Gasteiger partial charge >= 0.3 is 6.03 Å². The third-order valence-corrected chi connectivity index (χ3v) is 4.02. The Kier molecular flexibility index (Phi) is 5.53. The fraction of sp³-hybridized carbons (Fsp3) is 0.667. The van der Waals surface area contributed by atoms with Gasteiger partial charge in [0.1, 0.15) is 12.6 Å². The van der Waals surface area contributed by atoms with Gasteiger partial charge in [0.25, 0.3) is 5.91 Å². The minimum absolute atomic E-state index is 0.170. The first-order valence-corrected chi connectivity index (χ1v) is 8.17.